The highest BCUT2D eigenvalue weighted by Gasteiger charge is 2.15. The predicted molar refractivity (Wildman–Crippen MR) is 107 cm³/mol. The second-order valence-electron chi connectivity index (χ2n) is 6.28. The summed E-state index contributed by atoms with van der Waals surface area (Å²) in [7, 11) is 0. The lowest BCUT2D eigenvalue weighted by molar-refractivity contribution is 0.653. The highest BCUT2D eigenvalue weighted by atomic mass is 32.1. The van der Waals surface area contributed by atoms with Gasteiger partial charge in [-0.25, -0.2) is 9.36 Å². The molecule has 4 aromatic rings. The van der Waals surface area contributed by atoms with Crippen LogP contribution in [-0.2, 0) is 13.0 Å². The van der Waals surface area contributed by atoms with Gasteiger partial charge in [0.1, 0.15) is 4.64 Å². The number of nitriles is 1. The third-order valence-electron chi connectivity index (χ3n) is 4.57. The molecule has 0 saturated heterocycles. The lowest BCUT2D eigenvalue weighted by Crippen LogP contribution is -2.05. The molecule has 7 nitrogen and oxygen atoms in total. The Kier molecular flexibility index (Phi) is 4.83. The number of benzene rings is 2. The van der Waals surface area contributed by atoms with E-state index in [-0.39, 0.29) is 0 Å². The molecular formula is C20H17N7S. The Balaban J connectivity index is 1.70. The zero-order valence-electron chi connectivity index (χ0n) is 15.2. The molecule has 0 spiro atoms. The maximum atomic E-state index is 8.94. The normalized spacial score (nSPS) is 10.7. The number of aryl methyl sites for hydroxylation is 1. The number of hydrogen-bond acceptors (Lipinski definition) is 5. The van der Waals surface area contributed by atoms with Crippen LogP contribution < -0.4 is 0 Å². The molecule has 4 rings (SSSR count). The molecule has 2 aromatic carbocycles. The lowest BCUT2D eigenvalue weighted by Gasteiger charge is -2.08. The van der Waals surface area contributed by atoms with E-state index in [2.05, 4.69) is 39.7 Å². The van der Waals surface area contributed by atoms with Crippen molar-refractivity contribution in [1.29, 1.82) is 5.26 Å². The van der Waals surface area contributed by atoms with Crippen LogP contribution in [0.4, 0.5) is 0 Å². The van der Waals surface area contributed by atoms with E-state index in [0.717, 1.165) is 23.2 Å². The van der Waals surface area contributed by atoms with Crippen LogP contribution in [0, 0.1) is 16.0 Å². The first-order valence-electron chi connectivity index (χ1n) is 8.85. The molecule has 2 heterocycles. The second kappa shape index (κ2) is 7.58. The van der Waals surface area contributed by atoms with Crippen molar-refractivity contribution in [3.8, 4) is 23.1 Å². The molecule has 1 N–H and O–H groups in total. The van der Waals surface area contributed by atoms with Gasteiger partial charge in [0, 0.05) is 6.20 Å². The Labute approximate surface area is 166 Å². The van der Waals surface area contributed by atoms with E-state index in [1.807, 2.05) is 41.2 Å². The van der Waals surface area contributed by atoms with Gasteiger partial charge in [-0.1, -0.05) is 49.5 Å². The number of aromatic amines is 1. The summed E-state index contributed by atoms with van der Waals surface area (Å²) in [4.78, 5) is 0. The molecule has 0 saturated carbocycles. The molecule has 0 aliphatic heterocycles. The lowest BCUT2D eigenvalue weighted by atomic mass is 10.1. The van der Waals surface area contributed by atoms with Gasteiger partial charge in [0.2, 0.25) is 0 Å². The minimum absolute atomic E-state index is 0.486. The number of nitrogens with zero attached hydrogens (tertiary/aromatic N) is 6. The van der Waals surface area contributed by atoms with Crippen molar-refractivity contribution >= 4 is 12.2 Å². The van der Waals surface area contributed by atoms with Gasteiger partial charge in [-0.3, -0.25) is 5.10 Å². The summed E-state index contributed by atoms with van der Waals surface area (Å²) in [5, 5.41) is 24.3. The van der Waals surface area contributed by atoms with Gasteiger partial charge >= 0.3 is 0 Å². The highest BCUT2D eigenvalue weighted by molar-refractivity contribution is 7.71. The summed E-state index contributed by atoms with van der Waals surface area (Å²) < 4.78 is 4.21. The molecule has 28 heavy (non-hydrogen) atoms. The molecule has 8 heteroatoms. The topological polar surface area (TPSA) is 88.1 Å². The number of nitrogens with one attached hydrogen (secondary N) is 1. The van der Waals surface area contributed by atoms with Crippen molar-refractivity contribution in [1.82, 2.24) is 30.0 Å². The number of H-pyrrole nitrogens is 1. The van der Waals surface area contributed by atoms with E-state index in [9.17, 15) is 0 Å². The summed E-state index contributed by atoms with van der Waals surface area (Å²) in [6, 6.07) is 17.6. The Morgan fingerprint density at radius 1 is 1.14 bits per heavy atom. The van der Waals surface area contributed by atoms with E-state index in [1.165, 1.54) is 5.56 Å². The maximum Gasteiger partial charge on any atom is 0.186 e. The molecular weight excluding hydrogens is 370 g/mol. The molecule has 0 aliphatic rings. The van der Waals surface area contributed by atoms with Crippen molar-refractivity contribution in [2.75, 3.05) is 0 Å². The predicted octanol–water partition coefficient (Wildman–Crippen LogP) is 3.67. The summed E-state index contributed by atoms with van der Waals surface area (Å²) in [6.07, 6.45) is 2.73. The number of rotatable bonds is 5. The van der Waals surface area contributed by atoms with E-state index < -0.39 is 0 Å². The fourth-order valence-corrected chi connectivity index (χ4v) is 3.40. The number of aromatic nitrogens is 6. The standard InChI is InChI=1S/C20H17N7S/c1-2-16-5-3-4-6-18(16)27-20(28)17(12-22-27)19-23-24-25-26(19)13-15-9-7-14(11-21)8-10-15/h3-10,12,22H,2,13H2,1H3. The first kappa shape index (κ1) is 17.8. The number of tetrazole rings is 1. The van der Waals surface area contributed by atoms with Crippen LogP contribution in [0.15, 0.2) is 54.7 Å². The number of para-hydroxylation sites is 1. The zero-order chi connectivity index (χ0) is 19.5. The van der Waals surface area contributed by atoms with Gasteiger partial charge < -0.3 is 0 Å². The Bertz CT molecular complexity index is 1210. The molecule has 0 amide bonds. The minimum atomic E-state index is 0.486. The third-order valence-corrected chi connectivity index (χ3v) is 4.98. The fraction of sp³-hybridized carbons (Fsp3) is 0.150. The molecule has 0 atom stereocenters. The van der Waals surface area contributed by atoms with Gasteiger partial charge in [0.25, 0.3) is 0 Å². The van der Waals surface area contributed by atoms with E-state index in [4.69, 9.17) is 17.5 Å². The largest absolute Gasteiger partial charge is 0.299 e. The summed E-state index contributed by atoms with van der Waals surface area (Å²) >= 11 is 5.71. The van der Waals surface area contributed by atoms with Gasteiger partial charge in [-0.2, -0.15) is 5.26 Å². The zero-order valence-corrected chi connectivity index (χ0v) is 16.0. The molecule has 138 valence electrons. The van der Waals surface area contributed by atoms with E-state index >= 15 is 0 Å². The maximum absolute atomic E-state index is 8.94. The van der Waals surface area contributed by atoms with Gasteiger partial charge in [0.15, 0.2) is 5.82 Å². The first-order chi connectivity index (χ1) is 13.7. The van der Waals surface area contributed by atoms with Crippen molar-refractivity contribution in [3.05, 3.63) is 76.1 Å². The summed E-state index contributed by atoms with van der Waals surface area (Å²) in [5.41, 5.74) is 4.60. The minimum Gasteiger partial charge on any atom is -0.299 e. The monoisotopic (exact) mass is 387 g/mol. The smallest absolute Gasteiger partial charge is 0.186 e. The molecule has 2 aromatic heterocycles. The van der Waals surface area contributed by atoms with Crippen LogP contribution >= 0.6 is 12.2 Å². The quantitative estimate of drug-likeness (QED) is 0.528. The Hall–Kier alpha value is -3.57. The molecule has 0 fully saturated rings. The summed E-state index contributed by atoms with van der Waals surface area (Å²) in [5.74, 6) is 0.596. The van der Waals surface area contributed by atoms with E-state index in [0.29, 0.717) is 22.6 Å². The highest BCUT2D eigenvalue weighted by Crippen LogP contribution is 2.22. The van der Waals surface area contributed by atoms with Crippen molar-refractivity contribution in [2.45, 2.75) is 19.9 Å². The third kappa shape index (κ3) is 3.23. The van der Waals surface area contributed by atoms with Crippen LogP contribution in [0.1, 0.15) is 23.6 Å². The van der Waals surface area contributed by atoms with Crippen LogP contribution in [0.25, 0.3) is 17.1 Å². The average Bonchev–Trinajstić information content (AvgIpc) is 3.34. The fourth-order valence-electron chi connectivity index (χ4n) is 3.10. The van der Waals surface area contributed by atoms with Crippen LogP contribution in [-0.4, -0.2) is 30.0 Å². The van der Waals surface area contributed by atoms with Gasteiger partial charge in [-0.05, 0) is 46.2 Å². The molecule has 0 aliphatic carbocycles. The molecule has 0 unspecified atom stereocenters. The number of hydrogen-bond donors (Lipinski definition) is 1. The Morgan fingerprint density at radius 3 is 2.68 bits per heavy atom. The van der Waals surface area contributed by atoms with Crippen molar-refractivity contribution < 1.29 is 0 Å². The van der Waals surface area contributed by atoms with Crippen LogP contribution in [0.2, 0.25) is 0 Å². The van der Waals surface area contributed by atoms with Crippen molar-refractivity contribution in [2.24, 2.45) is 0 Å². The SMILES string of the molecule is CCc1ccccc1-n1[nH]cc(-c2nnnn2Cc2ccc(C#N)cc2)c1=S. The molecule has 0 radical (unpaired) electrons. The van der Waals surface area contributed by atoms with Crippen LogP contribution in [0.3, 0.4) is 0 Å². The van der Waals surface area contributed by atoms with Crippen molar-refractivity contribution in [3.63, 3.8) is 0 Å². The van der Waals surface area contributed by atoms with Crippen LogP contribution in [0.5, 0.6) is 0 Å². The van der Waals surface area contributed by atoms with E-state index in [1.54, 1.807) is 16.8 Å². The summed E-state index contributed by atoms with van der Waals surface area (Å²) in [6.45, 7) is 2.60. The average molecular weight is 387 g/mol. The molecule has 0 bridgehead atoms. The second-order valence-corrected chi connectivity index (χ2v) is 6.67. The Morgan fingerprint density at radius 2 is 1.93 bits per heavy atom. The van der Waals surface area contributed by atoms with Gasteiger partial charge in [0.05, 0.1) is 29.4 Å². The van der Waals surface area contributed by atoms with Gasteiger partial charge in [-0.15, -0.1) is 5.10 Å². The first-order valence-corrected chi connectivity index (χ1v) is 9.26.